The molecule has 0 saturated heterocycles. The fourth-order valence-electron chi connectivity index (χ4n) is 1.55. The first-order valence-electron chi connectivity index (χ1n) is 6.33. The lowest BCUT2D eigenvalue weighted by molar-refractivity contribution is -0.121. The molecule has 1 amide bonds. The third-order valence-corrected chi connectivity index (χ3v) is 2.60. The quantitative estimate of drug-likeness (QED) is 0.687. The smallest absolute Gasteiger partial charge is 0.220 e. The molecule has 0 radical (unpaired) electrons. The van der Waals surface area contributed by atoms with Crippen molar-refractivity contribution < 1.29 is 9.53 Å². The molecule has 0 unspecified atom stereocenters. The Balaban J connectivity index is 2.12. The van der Waals surface area contributed by atoms with Gasteiger partial charge >= 0.3 is 0 Å². The Bertz CT molecular complexity index is 367. The van der Waals surface area contributed by atoms with Gasteiger partial charge in [-0.05, 0) is 32.0 Å². The molecule has 2 N–H and O–H groups in total. The van der Waals surface area contributed by atoms with Crippen LogP contribution in [0.2, 0.25) is 0 Å². The number of amides is 1. The first kappa shape index (κ1) is 14.5. The van der Waals surface area contributed by atoms with Crippen LogP contribution in [-0.2, 0) is 4.79 Å². The zero-order valence-electron chi connectivity index (χ0n) is 11.2. The number of hydrogen-bond acceptors (Lipinski definition) is 3. The van der Waals surface area contributed by atoms with Crippen LogP contribution in [0.1, 0.15) is 18.4 Å². The fourth-order valence-corrected chi connectivity index (χ4v) is 1.55. The Labute approximate surface area is 109 Å². The lowest BCUT2D eigenvalue weighted by Gasteiger charge is -2.08. The highest BCUT2D eigenvalue weighted by Gasteiger charge is 2.01. The lowest BCUT2D eigenvalue weighted by Crippen LogP contribution is -2.30. The topological polar surface area (TPSA) is 50.4 Å². The Kier molecular flexibility index (Phi) is 6.87. The molecular weight excluding hydrogens is 228 g/mol. The summed E-state index contributed by atoms with van der Waals surface area (Å²) in [6, 6.07) is 7.90. The molecule has 100 valence electrons. The molecule has 0 aliphatic rings. The van der Waals surface area contributed by atoms with Crippen LogP contribution in [0.4, 0.5) is 0 Å². The summed E-state index contributed by atoms with van der Waals surface area (Å²) in [5.74, 6) is 0.978. The second-order valence-electron chi connectivity index (χ2n) is 4.17. The lowest BCUT2D eigenvalue weighted by atomic mass is 10.2. The van der Waals surface area contributed by atoms with E-state index in [2.05, 4.69) is 10.6 Å². The summed E-state index contributed by atoms with van der Waals surface area (Å²) in [7, 11) is 1.86. The largest absolute Gasteiger partial charge is 0.493 e. The molecule has 0 spiro atoms. The molecule has 4 nitrogen and oxygen atoms in total. The molecule has 0 bridgehead atoms. The summed E-state index contributed by atoms with van der Waals surface area (Å²) in [5.41, 5.74) is 1.12. The summed E-state index contributed by atoms with van der Waals surface area (Å²) in [6.07, 6.45) is 1.25. The number of likely N-dealkylation sites (N-methyl/N-ethyl adjacent to an activating group) is 1. The third-order valence-electron chi connectivity index (χ3n) is 2.60. The van der Waals surface area contributed by atoms with E-state index in [0.717, 1.165) is 24.3 Å². The van der Waals surface area contributed by atoms with Crippen molar-refractivity contribution in [1.29, 1.82) is 0 Å². The molecule has 0 fully saturated rings. The average molecular weight is 250 g/mol. The third kappa shape index (κ3) is 5.68. The number of carbonyl (C=O) groups excluding carboxylic acids is 1. The van der Waals surface area contributed by atoms with E-state index in [1.807, 2.05) is 38.2 Å². The molecule has 0 aliphatic carbocycles. The van der Waals surface area contributed by atoms with Gasteiger partial charge in [-0.2, -0.15) is 0 Å². The van der Waals surface area contributed by atoms with Crippen LogP contribution in [0.25, 0.3) is 0 Å². The number of aryl methyl sites for hydroxylation is 1. The second-order valence-corrected chi connectivity index (χ2v) is 4.17. The van der Waals surface area contributed by atoms with E-state index in [4.69, 9.17) is 4.74 Å². The number of rotatable bonds is 8. The monoisotopic (exact) mass is 250 g/mol. The van der Waals surface area contributed by atoms with Gasteiger partial charge in [-0.15, -0.1) is 0 Å². The molecule has 0 saturated carbocycles. The number of para-hydroxylation sites is 1. The van der Waals surface area contributed by atoms with Crippen LogP contribution < -0.4 is 15.4 Å². The van der Waals surface area contributed by atoms with Gasteiger partial charge in [0.2, 0.25) is 5.91 Å². The van der Waals surface area contributed by atoms with Crippen molar-refractivity contribution in [2.45, 2.75) is 19.8 Å². The van der Waals surface area contributed by atoms with Gasteiger partial charge in [0.05, 0.1) is 6.61 Å². The predicted molar refractivity (Wildman–Crippen MR) is 72.8 cm³/mol. The zero-order valence-corrected chi connectivity index (χ0v) is 11.2. The maximum absolute atomic E-state index is 11.4. The van der Waals surface area contributed by atoms with Crippen molar-refractivity contribution in [1.82, 2.24) is 10.6 Å². The summed E-state index contributed by atoms with van der Waals surface area (Å²) < 4.78 is 5.62. The molecule has 1 rings (SSSR count). The van der Waals surface area contributed by atoms with Crippen LogP contribution in [0.5, 0.6) is 5.75 Å². The average Bonchev–Trinajstić information content (AvgIpc) is 2.37. The molecule has 0 atom stereocenters. The molecule has 0 aromatic heterocycles. The first-order chi connectivity index (χ1) is 8.74. The Morgan fingerprint density at radius 3 is 2.78 bits per heavy atom. The maximum Gasteiger partial charge on any atom is 0.220 e. The van der Waals surface area contributed by atoms with Crippen LogP contribution in [0, 0.1) is 6.92 Å². The van der Waals surface area contributed by atoms with Crippen molar-refractivity contribution in [2.24, 2.45) is 0 Å². The summed E-state index contributed by atoms with van der Waals surface area (Å²) >= 11 is 0. The Morgan fingerprint density at radius 2 is 2.06 bits per heavy atom. The van der Waals surface area contributed by atoms with Gasteiger partial charge in [0.1, 0.15) is 5.75 Å². The van der Waals surface area contributed by atoms with E-state index < -0.39 is 0 Å². The highest BCUT2D eigenvalue weighted by Crippen LogP contribution is 2.16. The normalized spacial score (nSPS) is 10.1. The number of benzene rings is 1. The van der Waals surface area contributed by atoms with E-state index in [9.17, 15) is 4.79 Å². The van der Waals surface area contributed by atoms with Gasteiger partial charge in [0, 0.05) is 19.5 Å². The second kappa shape index (κ2) is 8.53. The van der Waals surface area contributed by atoms with Crippen LogP contribution >= 0.6 is 0 Å². The minimum atomic E-state index is 0.0821. The van der Waals surface area contributed by atoms with Gasteiger partial charge in [0.25, 0.3) is 0 Å². The first-order valence-corrected chi connectivity index (χ1v) is 6.33. The van der Waals surface area contributed by atoms with Crippen molar-refractivity contribution in [2.75, 3.05) is 26.7 Å². The Morgan fingerprint density at radius 1 is 1.28 bits per heavy atom. The SMILES string of the molecule is CNCCNC(=O)CCCOc1ccccc1C. The van der Waals surface area contributed by atoms with Gasteiger partial charge in [-0.25, -0.2) is 0 Å². The number of hydrogen-bond donors (Lipinski definition) is 2. The van der Waals surface area contributed by atoms with Crippen LogP contribution in [0.3, 0.4) is 0 Å². The van der Waals surface area contributed by atoms with E-state index in [-0.39, 0.29) is 5.91 Å². The van der Waals surface area contributed by atoms with Crippen molar-refractivity contribution >= 4 is 5.91 Å². The Hall–Kier alpha value is -1.55. The molecule has 1 aromatic carbocycles. The molecule has 0 aliphatic heterocycles. The fraction of sp³-hybridized carbons (Fsp3) is 0.500. The number of ether oxygens (including phenoxy) is 1. The summed E-state index contributed by atoms with van der Waals surface area (Å²) in [5, 5.41) is 5.82. The standard InChI is InChI=1S/C14H22N2O2/c1-12-6-3-4-7-13(12)18-11-5-8-14(17)16-10-9-15-2/h3-4,6-7,15H,5,8-11H2,1-2H3,(H,16,17). The predicted octanol–water partition coefficient (Wildman–Crippen LogP) is 1.49. The van der Waals surface area contributed by atoms with Gasteiger partial charge < -0.3 is 15.4 Å². The van der Waals surface area contributed by atoms with E-state index in [0.29, 0.717) is 19.6 Å². The van der Waals surface area contributed by atoms with Crippen LogP contribution in [-0.4, -0.2) is 32.7 Å². The van der Waals surface area contributed by atoms with Gasteiger partial charge in [-0.1, -0.05) is 18.2 Å². The van der Waals surface area contributed by atoms with Gasteiger partial charge in [-0.3, -0.25) is 4.79 Å². The molecule has 0 heterocycles. The van der Waals surface area contributed by atoms with E-state index in [1.165, 1.54) is 0 Å². The highest BCUT2D eigenvalue weighted by atomic mass is 16.5. The molecule has 18 heavy (non-hydrogen) atoms. The van der Waals surface area contributed by atoms with Crippen molar-refractivity contribution in [3.63, 3.8) is 0 Å². The minimum absolute atomic E-state index is 0.0821. The minimum Gasteiger partial charge on any atom is -0.493 e. The molecular formula is C14H22N2O2. The summed E-state index contributed by atoms with van der Waals surface area (Å²) in [4.78, 5) is 11.4. The number of nitrogens with one attached hydrogen (secondary N) is 2. The van der Waals surface area contributed by atoms with Crippen LogP contribution in [0.15, 0.2) is 24.3 Å². The molecule has 1 aromatic rings. The van der Waals surface area contributed by atoms with E-state index in [1.54, 1.807) is 0 Å². The highest BCUT2D eigenvalue weighted by molar-refractivity contribution is 5.75. The van der Waals surface area contributed by atoms with Crippen molar-refractivity contribution in [3.8, 4) is 5.75 Å². The molecule has 4 heteroatoms. The summed E-state index contributed by atoms with van der Waals surface area (Å²) in [6.45, 7) is 4.06. The van der Waals surface area contributed by atoms with Gasteiger partial charge in [0.15, 0.2) is 0 Å². The number of carbonyl (C=O) groups is 1. The zero-order chi connectivity index (χ0) is 13.2. The van der Waals surface area contributed by atoms with Crippen molar-refractivity contribution in [3.05, 3.63) is 29.8 Å². The van der Waals surface area contributed by atoms with E-state index >= 15 is 0 Å². The maximum atomic E-state index is 11.4.